The molecule has 132 valence electrons. The van der Waals surface area contributed by atoms with Gasteiger partial charge in [0.25, 0.3) is 5.91 Å². The van der Waals surface area contributed by atoms with Crippen molar-refractivity contribution >= 4 is 17.4 Å². The third-order valence-electron chi connectivity index (χ3n) is 4.66. The maximum atomic E-state index is 12.3. The van der Waals surface area contributed by atoms with E-state index in [2.05, 4.69) is 34.6 Å². The number of pyridine rings is 1. The molecule has 5 nitrogen and oxygen atoms in total. The van der Waals surface area contributed by atoms with Crippen LogP contribution in [-0.4, -0.2) is 42.5 Å². The fourth-order valence-electron chi connectivity index (χ4n) is 2.93. The van der Waals surface area contributed by atoms with Crippen LogP contribution in [0, 0.1) is 12.8 Å². The SMILES string of the molecule is Cc1ccc(NC(=O)c2ccc(NCC(C3CC3)N(C)C)nc2)cc1. The minimum atomic E-state index is -0.146. The Morgan fingerprint density at radius 2 is 1.92 bits per heavy atom. The van der Waals surface area contributed by atoms with Gasteiger partial charge in [-0.15, -0.1) is 0 Å². The number of rotatable bonds is 7. The summed E-state index contributed by atoms with van der Waals surface area (Å²) in [6.07, 6.45) is 4.25. The van der Waals surface area contributed by atoms with Crippen molar-refractivity contribution < 1.29 is 4.79 Å². The van der Waals surface area contributed by atoms with E-state index in [1.165, 1.54) is 12.8 Å². The minimum absolute atomic E-state index is 0.146. The van der Waals surface area contributed by atoms with E-state index in [0.29, 0.717) is 11.6 Å². The van der Waals surface area contributed by atoms with Crippen molar-refractivity contribution in [3.63, 3.8) is 0 Å². The van der Waals surface area contributed by atoms with E-state index < -0.39 is 0 Å². The van der Waals surface area contributed by atoms with Gasteiger partial charge in [-0.05, 0) is 64.0 Å². The van der Waals surface area contributed by atoms with Gasteiger partial charge in [0.05, 0.1) is 5.56 Å². The second-order valence-corrected chi connectivity index (χ2v) is 7.00. The molecule has 1 heterocycles. The number of carbonyl (C=O) groups is 1. The van der Waals surface area contributed by atoms with Gasteiger partial charge in [0.2, 0.25) is 0 Å². The molecular weight excluding hydrogens is 312 g/mol. The molecule has 0 aliphatic heterocycles. The highest BCUT2D eigenvalue weighted by Crippen LogP contribution is 2.34. The molecule has 2 aromatic rings. The van der Waals surface area contributed by atoms with E-state index in [9.17, 15) is 4.79 Å². The predicted octanol–water partition coefficient (Wildman–Crippen LogP) is 3.39. The number of amides is 1. The number of hydrogen-bond acceptors (Lipinski definition) is 4. The zero-order valence-electron chi connectivity index (χ0n) is 15.1. The first-order chi connectivity index (χ1) is 12.0. The largest absolute Gasteiger partial charge is 0.368 e. The summed E-state index contributed by atoms with van der Waals surface area (Å²) in [5.74, 6) is 1.45. The Morgan fingerprint density at radius 1 is 1.20 bits per heavy atom. The van der Waals surface area contributed by atoms with Gasteiger partial charge in [-0.3, -0.25) is 4.79 Å². The van der Waals surface area contributed by atoms with Crippen LogP contribution in [0.3, 0.4) is 0 Å². The Kier molecular flexibility index (Phi) is 5.34. The average Bonchev–Trinajstić information content (AvgIpc) is 3.42. The molecule has 0 bridgehead atoms. The summed E-state index contributed by atoms with van der Waals surface area (Å²) in [4.78, 5) is 18.9. The Morgan fingerprint density at radius 3 is 2.48 bits per heavy atom. The molecular formula is C20H26N4O. The van der Waals surface area contributed by atoms with E-state index >= 15 is 0 Å². The number of anilines is 2. The standard InChI is InChI=1S/C20H26N4O/c1-14-4-9-17(10-5-14)23-20(25)16-8-11-19(21-12-16)22-13-18(24(2)3)15-6-7-15/h4-5,8-12,15,18H,6-7,13H2,1-3H3,(H,21,22)(H,23,25). The zero-order chi connectivity index (χ0) is 17.8. The van der Waals surface area contributed by atoms with Crippen LogP contribution in [0.15, 0.2) is 42.6 Å². The molecule has 1 aromatic carbocycles. The molecule has 0 spiro atoms. The lowest BCUT2D eigenvalue weighted by Crippen LogP contribution is -2.36. The van der Waals surface area contributed by atoms with E-state index in [-0.39, 0.29) is 5.91 Å². The molecule has 1 amide bonds. The Labute approximate surface area is 149 Å². The number of aryl methyl sites for hydroxylation is 1. The molecule has 3 rings (SSSR count). The number of nitrogens with one attached hydrogen (secondary N) is 2. The molecule has 1 aliphatic carbocycles. The number of aromatic nitrogens is 1. The van der Waals surface area contributed by atoms with E-state index in [4.69, 9.17) is 0 Å². The van der Waals surface area contributed by atoms with E-state index in [1.807, 2.05) is 37.3 Å². The number of nitrogens with zero attached hydrogens (tertiary/aromatic N) is 2. The van der Waals surface area contributed by atoms with Crippen molar-refractivity contribution in [2.45, 2.75) is 25.8 Å². The highest BCUT2D eigenvalue weighted by Gasteiger charge is 2.32. The normalized spacial score (nSPS) is 15.0. The fraction of sp³-hybridized carbons (Fsp3) is 0.400. The third kappa shape index (κ3) is 4.79. The average molecular weight is 338 g/mol. The van der Waals surface area contributed by atoms with Crippen molar-refractivity contribution in [2.75, 3.05) is 31.3 Å². The van der Waals surface area contributed by atoms with Crippen molar-refractivity contribution in [1.29, 1.82) is 0 Å². The molecule has 25 heavy (non-hydrogen) atoms. The van der Waals surface area contributed by atoms with Crippen molar-refractivity contribution in [3.05, 3.63) is 53.7 Å². The van der Waals surface area contributed by atoms with E-state index in [0.717, 1.165) is 29.5 Å². The van der Waals surface area contributed by atoms with Crippen LogP contribution < -0.4 is 10.6 Å². The minimum Gasteiger partial charge on any atom is -0.368 e. The predicted molar refractivity (Wildman–Crippen MR) is 102 cm³/mol. The highest BCUT2D eigenvalue weighted by atomic mass is 16.1. The Balaban J connectivity index is 1.55. The summed E-state index contributed by atoms with van der Waals surface area (Å²) in [6.45, 7) is 2.89. The quantitative estimate of drug-likeness (QED) is 0.812. The van der Waals surface area contributed by atoms with Gasteiger partial charge < -0.3 is 15.5 Å². The maximum absolute atomic E-state index is 12.3. The molecule has 5 heteroatoms. The van der Waals surface area contributed by atoms with Gasteiger partial charge in [-0.25, -0.2) is 4.98 Å². The third-order valence-corrected chi connectivity index (χ3v) is 4.66. The highest BCUT2D eigenvalue weighted by molar-refractivity contribution is 6.04. The number of hydrogen-bond donors (Lipinski definition) is 2. The molecule has 0 radical (unpaired) electrons. The van der Waals surface area contributed by atoms with Crippen LogP contribution in [0.1, 0.15) is 28.8 Å². The van der Waals surface area contributed by atoms with Crippen LogP contribution in [0.5, 0.6) is 0 Å². The summed E-state index contributed by atoms with van der Waals surface area (Å²) < 4.78 is 0. The van der Waals surface area contributed by atoms with Gasteiger partial charge >= 0.3 is 0 Å². The topological polar surface area (TPSA) is 57.3 Å². The summed E-state index contributed by atoms with van der Waals surface area (Å²) >= 11 is 0. The number of carbonyl (C=O) groups excluding carboxylic acids is 1. The van der Waals surface area contributed by atoms with Gasteiger partial charge in [0, 0.05) is 24.5 Å². The van der Waals surface area contributed by atoms with Crippen LogP contribution in [0.4, 0.5) is 11.5 Å². The number of benzene rings is 1. The molecule has 1 saturated carbocycles. The molecule has 1 unspecified atom stereocenters. The first kappa shape index (κ1) is 17.4. The van der Waals surface area contributed by atoms with E-state index in [1.54, 1.807) is 12.3 Å². The van der Waals surface area contributed by atoms with Crippen LogP contribution >= 0.6 is 0 Å². The van der Waals surface area contributed by atoms with Gasteiger partial charge in [0.15, 0.2) is 0 Å². The smallest absolute Gasteiger partial charge is 0.257 e. The number of likely N-dealkylation sites (N-methyl/N-ethyl adjacent to an activating group) is 1. The van der Waals surface area contributed by atoms with Crippen LogP contribution in [-0.2, 0) is 0 Å². The van der Waals surface area contributed by atoms with Crippen molar-refractivity contribution in [3.8, 4) is 0 Å². The molecule has 1 fully saturated rings. The fourth-order valence-corrected chi connectivity index (χ4v) is 2.93. The molecule has 1 aliphatic rings. The lowest BCUT2D eigenvalue weighted by atomic mass is 10.1. The van der Waals surface area contributed by atoms with Crippen molar-refractivity contribution in [1.82, 2.24) is 9.88 Å². The first-order valence-electron chi connectivity index (χ1n) is 8.77. The summed E-state index contributed by atoms with van der Waals surface area (Å²) in [6, 6.07) is 12.0. The first-order valence-corrected chi connectivity index (χ1v) is 8.77. The second-order valence-electron chi connectivity index (χ2n) is 7.00. The lowest BCUT2D eigenvalue weighted by molar-refractivity contribution is 0.102. The van der Waals surface area contributed by atoms with Crippen molar-refractivity contribution in [2.24, 2.45) is 5.92 Å². The Hall–Kier alpha value is -2.40. The van der Waals surface area contributed by atoms with Gasteiger partial charge in [-0.2, -0.15) is 0 Å². The van der Waals surface area contributed by atoms with Gasteiger partial charge in [0.1, 0.15) is 5.82 Å². The maximum Gasteiger partial charge on any atom is 0.257 e. The Bertz CT molecular complexity index is 703. The second kappa shape index (κ2) is 7.66. The molecule has 0 saturated heterocycles. The van der Waals surface area contributed by atoms with Gasteiger partial charge in [-0.1, -0.05) is 17.7 Å². The molecule has 2 N–H and O–H groups in total. The zero-order valence-corrected chi connectivity index (χ0v) is 15.1. The molecule has 1 atom stereocenters. The lowest BCUT2D eigenvalue weighted by Gasteiger charge is -2.24. The summed E-state index contributed by atoms with van der Waals surface area (Å²) in [7, 11) is 4.24. The van der Waals surface area contributed by atoms with Crippen LogP contribution in [0.2, 0.25) is 0 Å². The monoisotopic (exact) mass is 338 g/mol. The molecule has 1 aromatic heterocycles. The van der Waals surface area contributed by atoms with Crippen LogP contribution in [0.25, 0.3) is 0 Å². The summed E-state index contributed by atoms with van der Waals surface area (Å²) in [5.41, 5.74) is 2.51. The summed E-state index contributed by atoms with van der Waals surface area (Å²) in [5, 5.41) is 6.27.